The van der Waals surface area contributed by atoms with Gasteiger partial charge in [0.2, 0.25) is 0 Å². The monoisotopic (exact) mass is 258 g/mol. The Kier molecular flexibility index (Phi) is 3.60. The molecule has 1 aromatic rings. The van der Waals surface area contributed by atoms with Gasteiger partial charge in [-0.2, -0.15) is 0 Å². The summed E-state index contributed by atoms with van der Waals surface area (Å²) in [4.78, 5) is 10.9. The fourth-order valence-corrected chi connectivity index (χ4v) is 2.19. The molecular weight excluding hydrogens is 246 g/mol. The SMILES string of the molecule is O=C(O)C(OP)C1CCc2cc(F)ccc2O1. The second-order valence-corrected chi connectivity index (χ2v) is 4.11. The Hall–Kier alpha value is -1.19. The second kappa shape index (κ2) is 4.98. The van der Waals surface area contributed by atoms with Crippen molar-refractivity contribution in [2.75, 3.05) is 0 Å². The number of rotatable bonds is 3. The average Bonchev–Trinajstić information content (AvgIpc) is 2.29. The molecule has 0 radical (unpaired) electrons. The van der Waals surface area contributed by atoms with Crippen LogP contribution in [0.5, 0.6) is 5.75 Å². The fourth-order valence-electron chi connectivity index (χ4n) is 1.90. The van der Waals surface area contributed by atoms with Crippen molar-refractivity contribution in [1.29, 1.82) is 0 Å². The third kappa shape index (κ3) is 2.56. The number of aryl methyl sites for hydroxylation is 1. The van der Waals surface area contributed by atoms with Gasteiger partial charge in [-0.25, -0.2) is 9.18 Å². The molecule has 0 fully saturated rings. The molecule has 1 aliphatic rings. The predicted molar refractivity (Wildman–Crippen MR) is 61.4 cm³/mol. The average molecular weight is 258 g/mol. The Morgan fingerprint density at radius 2 is 2.41 bits per heavy atom. The van der Waals surface area contributed by atoms with Gasteiger partial charge in [0.05, 0.1) is 0 Å². The molecule has 4 nitrogen and oxygen atoms in total. The van der Waals surface area contributed by atoms with Crippen LogP contribution in [0.2, 0.25) is 0 Å². The number of hydrogen-bond donors (Lipinski definition) is 1. The largest absolute Gasteiger partial charge is 0.487 e. The van der Waals surface area contributed by atoms with Gasteiger partial charge in [-0.05, 0) is 36.6 Å². The van der Waals surface area contributed by atoms with Gasteiger partial charge in [-0.15, -0.1) is 0 Å². The van der Waals surface area contributed by atoms with Crippen molar-refractivity contribution in [2.45, 2.75) is 25.0 Å². The summed E-state index contributed by atoms with van der Waals surface area (Å²) in [7, 11) is 1.93. The van der Waals surface area contributed by atoms with Gasteiger partial charge >= 0.3 is 5.97 Å². The van der Waals surface area contributed by atoms with E-state index in [2.05, 4.69) is 0 Å². The van der Waals surface area contributed by atoms with Crippen LogP contribution in [-0.2, 0) is 15.7 Å². The highest BCUT2D eigenvalue weighted by molar-refractivity contribution is 7.09. The van der Waals surface area contributed by atoms with E-state index in [9.17, 15) is 9.18 Å². The zero-order chi connectivity index (χ0) is 12.4. The Bertz CT molecular complexity index is 437. The minimum atomic E-state index is -1.07. The summed E-state index contributed by atoms with van der Waals surface area (Å²) in [5.41, 5.74) is 0.758. The smallest absolute Gasteiger partial charge is 0.337 e. The van der Waals surface area contributed by atoms with Gasteiger partial charge in [0, 0.05) is 9.47 Å². The molecule has 0 aromatic heterocycles. The van der Waals surface area contributed by atoms with Crippen LogP contribution in [0.15, 0.2) is 18.2 Å². The Balaban J connectivity index is 2.18. The fraction of sp³-hybridized carbons (Fsp3) is 0.364. The first-order valence-electron chi connectivity index (χ1n) is 5.15. The first kappa shape index (κ1) is 12.3. The highest BCUT2D eigenvalue weighted by Crippen LogP contribution is 2.30. The van der Waals surface area contributed by atoms with Crippen molar-refractivity contribution in [3.8, 4) is 5.75 Å². The molecule has 6 heteroatoms. The van der Waals surface area contributed by atoms with Gasteiger partial charge in [-0.3, -0.25) is 0 Å². The standard InChI is InChI=1S/C11H12FO4P/c12-7-2-4-8-6(5-7)1-3-9(15-8)10(16-17)11(13)14/h2,4-5,9-10H,1,3,17H2,(H,13,14). The van der Waals surface area contributed by atoms with E-state index < -0.39 is 18.2 Å². The van der Waals surface area contributed by atoms with Crippen LogP contribution in [0.1, 0.15) is 12.0 Å². The van der Waals surface area contributed by atoms with E-state index in [1.165, 1.54) is 18.2 Å². The van der Waals surface area contributed by atoms with Gasteiger partial charge in [0.15, 0.2) is 6.10 Å². The first-order chi connectivity index (χ1) is 8.11. The van der Waals surface area contributed by atoms with E-state index in [-0.39, 0.29) is 5.82 Å². The normalized spacial score (nSPS) is 20.2. The molecule has 1 aliphatic heterocycles. The van der Waals surface area contributed by atoms with E-state index in [1.807, 2.05) is 9.47 Å². The number of halogens is 1. The number of aliphatic carboxylic acids is 1. The molecule has 3 unspecified atom stereocenters. The molecule has 0 bridgehead atoms. The van der Waals surface area contributed by atoms with Crippen LogP contribution < -0.4 is 4.74 Å². The van der Waals surface area contributed by atoms with Crippen molar-refractivity contribution < 1.29 is 23.6 Å². The molecule has 1 heterocycles. The lowest BCUT2D eigenvalue weighted by Gasteiger charge is -2.29. The number of carbonyl (C=O) groups is 1. The van der Waals surface area contributed by atoms with Gasteiger partial charge in [0.1, 0.15) is 17.7 Å². The lowest BCUT2D eigenvalue weighted by molar-refractivity contribution is -0.149. The zero-order valence-electron chi connectivity index (χ0n) is 8.93. The van der Waals surface area contributed by atoms with Crippen LogP contribution in [0, 0.1) is 5.82 Å². The third-order valence-electron chi connectivity index (χ3n) is 2.73. The van der Waals surface area contributed by atoms with Crippen LogP contribution >= 0.6 is 9.47 Å². The second-order valence-electron chi connectivity index (χ2n) is 3.84. The molecule has 2 rings (SSSR count). The molecule has 0 saturated heterocycles. The number of hydrogen-bond acceptors (Lipinski definition) is 3. The summed E-state index contributed by atoms with van der Waals surface area (Å²) in [5.74, 6) is -0.866. The third-order valence-corrected chi connectivity index (χ3v) is 3.02. The highest BCUT2D eigenvalue weighted by atomic mass is 31.0. The molecule has 0 spiro atoms. The molecule has 0 saturated carbocycles. The number of benzene rings is 1. The molecule has 3 atom stereocenters. The molecule has 1 N–H and O–H groups in total. The topological polar surface area (TPSA) is 55.8 Å². The summed E-state index contributed by atoms with van der Waals surface area (Å²) in [6.07, 6.45) is -0.515. The summed E-state index contributed by atoms with van der Waals surface area (Å²) >= 11 is 0. The van der Waals surface area contributed by atoms with Crippen LogP contribution in [0.4, 0.5) is 4.39 Å². The first-order valence-corrected chi connectivity index (χ1v) is 5.62. The number of carboxylic acid groups (broad SMARTS) is 1. The molecule has 0 aliphatic carbocycles. The van der Waals surface area contributed by atoms with Crippen LogP contribution in [0.25, 0.3) is 0 Å². The van der Waals surface area contributed by atoms with Crippen molar-refractivity contribution in [1.82, 2.24) is 0 Å². The summed E-state index contributed by atoms with van der Waals surface area (Å²) in [5, 5.41) is 8.94. The number of fused-ring (bicyclic) bond motifs is 1. The van der Waals surface area contributed by atoms with Crippen molar-refractivity contribution in [3.05, 3.63) is 29.6 Å². The maximum absolute atomic E-state index is 13.0. The van der Waals surface area contributed by atoms with Gasteiger partial charge in [0.25, 0.3) is 0 Å². The number of ether oxygens (including phenoxy) is 1. The van der Waals surface area contributed by atoms with E-state index in [0.717, 1.165) is 5.56 Å². The Morgan fingerprint density at radius 1 is 1.65 bits per heavy atom. The van der Waals surface area contributed by atoms with Crippen molar-refractivity contribution >= 4 is 15.4 Å². The Morgan fingerprint density at radius 3 is 3.06 bits per heavy atom. The lowest BCUT2D eigenvalue weighted by Crippen LogP contribution is -2.40. The maximum atomic E-state index is 13.0. The van der Waals surface area contributed by atoms with E-state index >= 15 is 0 Å². The zero-order valence-corrected chi connectivity index (χ0v) is 10.1. The van der Waals surface area contributed by atoms with Crippen molar-refractivity contribution in [3.63, 3.8) is 0 Å². The summed E-state index contributed by atoms with van der Waals surface area (Å²) in [6.45, 7) is 0. The molecule has 92 valence electrons. The highest BCUT2D eigenvalue weighted by Gasteiger charge is 2.33. The summed E-state index contributed by atoms with van der Waals surface area (Å²) in [6, 6.07) is 4.21. The lowest BCUT2D eigenvalue weighted by atomic mass is 9.99. The van der Waals surface area contributed by atoms with Gasteiger partial charge < -0.3 is 14.4 Å². The Labute approximate surface area is 100 Å². The minimum absolute atomic E-state index is 0.317. The summed E-state index contributed by atoms with van der Waals surface area (Å²) < 4.78 is 23.3. The predicted octanol–water partition coefficient (Wildman–Crippen LogP) is 1.78. The van der Waals surface area contributed by atoms with Crippen LogP contribution in [-0.4, -0.2) is 23.3 Å². The number of carboxylic acids is 1. The molecule has 0 amide bonds. The van der Waals surface area contributed by atoms with Crippen LogP contribution in [0.3, 0.4) is 0 Å². The molecule has 1 aromatic carbocycles. The van der Waals surface area contributed by atoms with E-state index in [1.54, 1.807) is 0 Å². The van der Waals surface area contributed by atoms with E-state index in [0.29, 0.717) is 18.6 Å². The quantitative estimate of drug-likeness (QED) is 0.839. The molecule has 17 heavy (non-hydrogen) atoms. The van der Waals surface area contributed by atoms with Crippen molar-refractivity contribution in [2.24, 2.45) is 0 Å². The maximum Gasteiger partial charge on any atom is 0.337 e. The molecular formula is C11H12FO4P. The van der Waals surface area contributed by atoms with E-state index in [4.69, 9.17) is 14.4 Å². The minimum Gasteiger partial charge on any atom is -0.487 e. The van der Waals surface area contributed by atoms with Gasteiger partial charge in [-0.1, -0.05) is 0 Å².